The molecule has 0 aliphatic carbocycles. The number of amides is 1. The van der Waals surface area contributed by atoms with Crippen LogP contribution in [-0.4, -0.2) is 40.5 Å². The predicted molar refractivity (Wildman–Crippen MR) is 52.8 cm³/mol. The Morgan fingerprint density at radius 3 is 2.21 bits per heavy atom. The van der Waals surface area contributed by atoms with E-state index >= 15 is 0 Å². The number of nitrogens with zero attached hydrogens (tertiary/aromatic N) is 1. The lowest BCUT2D eigenvalue weighted by Gasteiger charge is -2.24. The summed E-state index contributed by atoms with van der Waals surface area (Å²) in [5.74, 6) is -1.22. The number of carboxylic acid groups (broad SMARTS) is 1. The third-order valence-corrected chi connectivity index (χ3v) is 1.67. The Kier molecular flexibility index (Phi) is 4.56. The molecular formula is C9H18N2O3. The fourth-order valence-electron chi connectivity index (χ4n) is 1.04. The van der Waals surface area contributed by atoms with Crippen LogP contribution in [0.15, 0.2) is 0 Å². The van der Waals surface area contributed by atoms with E-state index in [0.29, 0.717) is 6.54 Å². The van der Waals surface area contributed by atoms with E-state index in [4.69, 9.17) is 10.8 Å². The molecule has 14 heavy (non-hydrogen) atoms. The summed E-state index contributed by atoms with van der Waals surface area (Å²) in [6.45, 7) is 5.34. The van der Waals surface area contributed by atoms with Gasteiger partial charge in [-0.15, -0.1) is 0 Å². The zero-order valence-electron chi connectivity index (χ0n) is 8.91. The van der Waals surface area contributed by atoms with Gasteiger partial charge in [-0.3, -0.25) is 9.59 Å². The number of carboxylic acids is 1. The Morgan fingerprint density at radius 1 is 1.43 bits per heavy atom. The van der Waals surface area contributed by atoms with Crippen molar-refractivity contribution < 1.29 is 14.7 Å². The largest absolute Gasteiger partial charge is 0.480 e. The number of carbonyl (C=O) groups is 2. The second kappa shape index (κ2) is 4.95. The molecule has 0 aliphatic heterocycles. The number of rotatable bonds is 5. The van der Waals surface area contributed by atoms with Gasteiger partial charge in [0.25, 0.3) is 0 Å². The van der Waals surface area contributed by atoms with E-state index in [1.807, 2.05) is 0 Å². The van der Waals surface area contributed by atoms with Gasteiger partial charge >= 0.3 is 5.97 Å². The standard InChI is InChI=1S/C9H18N2O3/c1-4-11(6-8(13)14)7(12)5-9(2,3)10/h4-6,10H2,1-3H3,(H,13,14). The highest BCUT2D eigenvalue weighted by atomic mass is 16.4. The van der Waals surface area contributed by atoms with Gasteiger partial charge in [0.05, 0.1) is 0 Å². The molecule has 0 atom stereocenters. The molecule has 0 aromatic carbocycles. The molecule has 0 unspecified atom stereocenters. The maximum atomic E-state index is 11.5. The van der Waals surface area contributed by atoms with E-state index < -0.39 is 11.5 Å². The van der Waals surface area contributed by atoms with Crippen molar-refractivity contribution >= 4 is 11.9 Å². The number of hydrogen-bond donors (Lipinski definition) is 2. The molecule has 1 amide bonds. The molecule has 82 valence electrons. The Balaban J connectivity index is 4.25. The molecule has 5 nitrogen and oxygen atoms in total. The lowest BCUT2D eigenvalue weighted by atomic mass is 10.0. The van der Waals surface area contributed by atoms with Crippen molar-refractivity contribution in [3.63, 3.8) is 0 Å². The Labute approximate surface area is 83.9 Å². The highest BCUT2D eigenvalue weighted by molar-refractivity contribution is 5.82. The quantitative estimate of drug-likeness (QED) is 0.659. The lowest BCUT2D eigenvalue weighted by molar-refractivity contribution is -0.144. The maximum absolute atomic E-state index is 11.5. The fraction of sp³-hybridized carbons (Fsp3) is 0.778. The molecule has 0 aromatic heterocycles. The summed E-state index contributed by atoms with van der Waals surface area (Å²) in [6, 6.07) is 0. The molecule has 5 heteroatoms. The predicted octanol–water partition coefficient (Wildman–Crippen LogP) is 0.0469. The minimum atomic E-state index is -1.00. The van der Waals surface area contributed by atoms with Crippen molar-refractivity contribution in [2.45, 2.75) is 32.7 Å². The van der Waals surface area contributed by atoms with Crippen LogP contribution in [0.1, 0.15) is 27.2 Å². The summed E-state index contributed by atoms with van der Waals surface area (Å²) in [4.78, 5) is 23.2. The van der Waals surface area contributed by atoms with Crippen LogP contribution in [0.25, 0.3) is 0 Å². The van der Waals surface area contributed by atoms with E-state index in [1.54, 1.807) is 20.8 Å². The Hall–Kier alpha value is -1.10. The molecule has 0 radical (unpaired) electrons. The van der Waals surface area contributed by atoms with Crippen molar-refractivity contribution in [2.24, 2.45) is 5.73 Å². The van der Waals surface area contributed by atoms with Crippen LogP contribution >= 0.6 is 0 Å². The van der Waals surface area contributed by atoms with Crippen molar-refractivity contribution in [1.82, 2.24) is 4.90 Å². The van der Waals surface area contributed by atoms with E-state index in [9.17, 15) is 9.59 Å². The van der Waals surface area contributed by atoms with E-state index in [0.717, 1.165) is 0 Å². The van der Waals surface area contributed by atoms with Crippen molar-refractivity contribution in [2.75, 3.05) is 13.1 Å². The van der Waals surface area contributed by atoms with Gasteiger partial charge < -0.3 is 15.7 Å². The van der Waals surface area contributed by atoms with Gasteiger partial charge in [0.1, 0.15) is 6.54 Å². The third kappa shape index (κ3) is 5.53. The van der Waals surface area contributed by atoms with Gasteiger partial charge in [-0.25, -0.2) is 0 Å². The number of hydrogen-bond acceptors (Lipinski definition) is 3. The van der Waals surface area contributed by atoms with Crippen molar-refractivity contribution in [3.05, 3.63) is 0 Å². The summed E-state index contributed by atoms with van der Waals surface area (Å²) >= 11 is 0. The minimum absolute atomic E-state index is 0.161. The summed E-state index contributed by atoms with van der Waals surface area (Å²) < 4.78 is 0. The normalized spacial score (nSPS) is 11.1. The average Bonchev–Trinajstić information content (AvgIpc) is 1.96. The lowest BCUT2D eigenvalue weighted by Crippen LogP contribution is -2.42. The molecule has 0 saturated heterocycles. The van der Waals surface area contributed by atoms with Crippen LogP contribution in [0.3, 0.4) is 0 Å². The second-order valence-corrected chi connectivity index (χ2v) is 3.97. The zero-order valence-corrected chi connectivity index (χ0v) is 8.91. The summed E-state index contributed by atoms with van der Waals surface area (Å²) in [5.41, 5.74) is 5.07. The first kappa shape index (κ1) is 12.9. The average molecular weight is 202 g/mol. The van der Waals surface area contributed by atoms with Crippen molar-refractivity contribution in [1.29, 1.82) is 0 Å². The van der Waals surface area contributed by atoms with Gasteiger partial charge in [0, 0.05) is 18.5 Å². The van der Waals surface area contributed by atoms with Gasteiger partial charge in [-0.05, 0) is 20.8 Å². The molecule has 0 saturated carbocycles. The van der Waals surface area contributed by atoms with Gasteiger partial charge in [0.15, 0.2) is 0 Å². The van der Waals surface area contributed by atoms with Crippen LogP contribution in [0, 0.1) is 0 Å². The Bertz CT molecular complexity index is 221. The molecule has 0 spiro atoms. The summed E-state index contributed by atoms with van der Waals surface area (Å²) in [7, 11) is 0. The number of aliphatic carboxylic acids is 1. The zero-order chi connectivity index (χ0) is 11.4. The second-order valence-electron chi connectivity index (χ2n) is 3.97. The molecule has 0 fully saturated rings. The molecule has 0 bridgehead atoms. The van der Waals surface area contributed by atoms with Gasteiger partial charge in [-0.2, -0.15) is 0 Å². The smallest absolute Gasteiger partial charge is 0.323 e. The molecular weight excluding hydrogens is 184 g/mol. The number of nitrogens with two attached hydrogens (primary N) is 1. The summed E-state index contributed by atoms with van der Waals surface area (Å²) in [5, 5.41) is 8.54. The topological polar surface area (TPSA) is 83.6 Å². The fourth-order valence-corrected chi connectivity index (χ4v) is 1.04. The van der Waals surface area contributed by atoms with Crippen LogP contribution < -0.4 is 5.73 Å². The molecule has 0 aromatic rings. The van der Waals surface area contributed by atoms with Crippen LogP contribution in [-0.2, 0) is 9.59 Å². The first-order chi connectivity index (χ1) is 6.26. The molecule has 0 aliphatic rings. The summed E-state index contributed by atoms with van der Waals surface area (Å²) in [6.07, 6.45) is 0.161. The highest BCUT2D eigenvalue weighted by Crippen LogP contribution is 2.06. The minimum Gasteiger partial charge on any atom is -0.480 e. The van der Waals surface area contributed by atoms with E-state index in [-0.39, 0.29) is 18.9 Å². The number of carbonyl (C=O) groups excluding carboxylic acids is 1. The van der Waals surface area contributed by atoms with Gasteiger partial charge in [-0.1, -0.05) is 0 Å². The van der Waals surface area contributed by atoms with Crippen LogP contribution in [0.4, 0.5) is 0 Å². The highest BCUT2D eigenvalue weighted by Gasteiger charge is 2.21. The van der Waals surface area contributed by atoms with Gasteiger partial charge in [0.2, 0.25) is 5.91 Å². The maximum Gasteiger partial charge on any atom is 0.323 e. The van der Waals surface area contributed by atoms with Crippen LogP contribution in [0.2, 0.25) is 0 Å². The van der Waals surface area contributed by atoms with E-state index in [1.165, 1.54) is 4.90 Å². The molecule has 3 N–H and O–H groups in total. The first-order valence-corrected chi connectivity index (χ1v) is 4.54. The van der Waals surface area contributed by atoms with Crippen molar-refractivity contribution in [3.8, 4) is 0 Å². The number of likely N-dealkylation sites (N-methyl/N-ethyl adjacent to an activating group) is 1. The molecule has 0 rings (SSSR count). The molecule has 0 heterocycles. The monoisotopic (exact) mass is 202 g/mol. The van der Waals surface area contributed by atoms with E-state index in [2.05, 4.69) is 0 Å². The third-order valence-electron chi connectivity index (χ3n) is 1.67. The first-order valence-electron chi connectivity index (χ1n) is 4.54. The Morgan fingerprint density at radius 2 is 1.93 bits per heavy atom. The van der Waals surface area contributed by atoms with Crippen LogP contribution in [0.5, 0.6) is 0 Å². The SMILES string of the molecule is CCN(CC(=O)O)C(=O)CC(C)(C)N.